The molecule has 0 aliphatic carbocycles. The molecule has 0 saturated carbocycles. The minimum Gasteiger partial charge on any atom is -0.368 e. The highest BCUT2D eigenvalue weighted by Crippen LogP contribution is 2.35. The predicted octanol–water partition coefficient (Wildman–Crippen LogP) is 1.74. The molecule has 1 unspecified atom stereocenters. The summed E-state index contributed by atoms with van der Waals surface area (Å²) < 4.78 is 76.7. The van der Waals surface area contributed by atoms with Gasteiger partial charge in [0.1, 0.15) is 0 Å². The summed E-state index contributed by atoms with van der Waals surface area (Å²) in [5.41, 5.74) is 4.96. The first-order valence-electron chi connectivity index (χ1n) is 5.77. The Morgan fingerprint density at radius 1 is 1.20 bits per heavy atom. The van der Waals surface area contributed by atoms with E-state index in [0.717, 1.165) is 0 Å². The summed E-state index contributed by atoms with van der Waals surface area (Å²) in [5.74, 6) is -0.863. The Kier molecular flexibility index (Phi) is 7.28. The second-order valence-electron chi connectivity index (χ2n) is 4.03. The van der Waals surface area contributed by atoms with Gasteiger partial charge < -0.3 is 15.8 Å². The van der Waals surface area contributed by atoms with Crippen LogP contribution in [0.25, 0.3) is 0 Å². The Labute approximate surface area is 111 Å². The molecule has 20 heavy (non-hydrogen) atoms. The molecule has 3 N–H and O–H groups in total. The molecule has 0 aliphatic rings. The maximum Gasteiger partial charge on any atom is 0.423 e. The normalized spacial score (nSPS) is 14.6. The van der Waals surface area contributed by atoms with E-state index in [1.54, 1.807) is 6.92 Å². The molecule has 1 atom stereocenters. The molecular formula is C10H16F6N2O2. The van der Waals surface area contributed by atoms with Crippen LogP contribution in [0.1, 0.15) is 19.8 Å². The molecule has 4 nitrogen and oxygen atoms in total. The molecule has 0 rings (SSSR count). The predicted molar refractivity (Wildman–Crippen MR) is 57.7 cm³/mol. The highest BCUT2D eigenvalue weighted by atomic mass is 19.4. The van der Waals surface area contributed by atoms with Gasteiger partial charge in [-0.3, -0.25) is 4.79 Å². The van der Waals surface area contributed by atoms with Gasteiger partial charge >= 0.3 is 12.4 Å². The third kappa shape index (κ3) is 6.94. The van der Waals surface area contributed by atoms with Crippen molar-refractivity contribution in [2.24, 2.45) is 5.73 Å². The van der Waals surface area contributed by atoms with E-state index in [4.69, 9.17) is 5.73 Å². The van der Waals surface area contributed by atoms with Crippen LogP contribution in [0.5, 0.6) is 0 Å². The van der Waals surface area contributed by atoms with Gasteiger partial charge in [0.15, 0.2) is 0 Å². The molecule has 0 aliphatic heterocycles. The number of amides is 1. The van der Waals surface area contributed by atoms with Crippen LogP contribution >= 0.6 is 0 Å². The maximum absolute atomic E-state index is 12.1. The number of rotatable bonds is 8. The number of halogens is 6. The number of nitrogens with two attached hydrogens (primary N) is 1. The van der Waals surface area contributed by atoms with E-state index in [1.165, 1.54) is 0 Å². The number of primary amides is 1. The first-order valence-corrected chi connectivity index (χ1v) is 5.77. The van der Waals surface area contributed by atoms with Crippen LogP contribution in [0.2, 0.25) is 0 Å². The molecule has 10 heteroatoms. The summed E-state index contributed by atoms with van der Waals surface area (Å²) in [6.45, 7) is 1.23. The van der Waals surface area contributed by atoms with E-state index < -0.39 is 37.0 Å². The number of hydrogen-bond donors (Lipinski definition) is 2. The van der Waals surface area contributed by atoms with Gasteiger partial charge in [0, 0.05) is 6.61 Å². The topological polar surface area (TPSA) is 64.3 Å². The second-order valence-corrected chi connectivity index (χ2v) is 4.03. The Hall–Kier alpha value is -1.03. The monoisotopic (exact) mass is 310 g/mol. The second kappa shape index (κ2) is 7.67. The first-order chi connectivity index (χ1) is 9.00. The summed E-state index contributed by atoms with van der Waals surface area (Å²) in [5, 5.41) is 2.60. The van der Waals surface area contributed by atoms with E-state index >= 15 is 0 Å². The van der Waals surface area contributed by atoms with Crippen molar-refractivity contribution >= 4 is 5.91 Å². The molecule has 0 spiro atoms. The minimum atomic E-state index is -5.56. The Bertz CT molecular complexity index is 291. The molecule has 0 bridgehead atoms. The average molecular weight is 310 g/mol. The van der Waals surface area contributed by atoms with Gasteiger partial charge in [-0.05, 0) is 19.4 Å². The molecular weight excluding hydrogens is 294 g/mol. The van der Waals surface area contributed by atoms with Gasteiger partial charge in [-0.1, -0.05) is 6.92 Å². The third-order valence-electron chi connectivity index (χ3n) is 2.27. The fourth-order valence-electron chi connectivity index (χ4n) is 1.34. The Morgan fingerprint density at radius 2 is 1.70 bits per heavy atom. The summed E-state index contributed by atoms with van der Waals surface area (Å²) in [6, 6.07) is -1.03. The summed E-state index contributed by atoms with van der Waals surface area (Å²) >= 11 is 0. The molecule has 1 amide bonds. The lowest BCUT2D eigenvalue weighted by molar-refractivity contribution is -0.321. The summed E-state index contributed by atoms with van der Waals surface area (Å²) in [6.07, 6.45) is -14.7. The van der Waals surface area contributed by atoms with Crippen LogP contribution in [0, 0.1) is 0 Å². The van der Waals surface area contributed by atoms with E-state index in [0.29, 0.717) is 13.0 Å². The van der Waals surface area contributed by atoms with Crippen molar-refractivity contribution in [3.05, 3.63) is 0 Å². The zero-order valence-corrected chi connectivity index (χ0v) is 10.6. The van der Waals surface area contributed by atoms with Crippen LogP contribution in [0.15, 0.2) is 0 Å². The van der Waals surface area contributed by atoms with Crippen molar-refractivity contribution < 1.29 is 35.9 Å². The van der Waals surface area contributed by atoms with Crippen molar-refractivity contribution in [1.29, 1.82) is 0 Å². The number of hydrogen-bond acceptors (Lipinski definition) is 3. The van der Waals surface area contributed by atoms with Gasteiger partial charge in [0.05, 0.1) is 6.04 Å². The molecule has 0 saturated heterocycles. The van der Waals surface area contributed by atoms with Crippen molar-refractivity contribution in [2.75, 3.05) is 13.2 Å². The summed E-state index contributed by atoms with van der Waals surface area (Å²) in [7, 11) is 0. The number of ether oxygens (including phenoxy) is 1. The first kappa shape index (κ1) is 19.0. The molecule has 0 radical (unpaired) electrons. The fourth-order valence-corrected chi connectivity index (χ4v) is 1.34. The lowest BCUT2D eigenvalue weighted by Crippen LogP contribution is -2.46. The van der Waals surface area contributed by atoms with E-state index in [9.17, 15) is 31.1 Å². The lowest BCUT2D eigenvalue weighted by atomic mass is 10.2. The Balaban J connectivity index is 4.45. The van der Waals surface area contributed by atoms with Crippen molar-refractivity contribution in [1.82, 2.24) is 5.32 Å². The van der Waals surface area contributed by atoms with Crippen LogP contribution in [0.3, 0.4) is 0 Å². The molecule has 0 aromatic rings. The molecule has 0 fully saturated rings. The van der Waals surface area contributed by atoms with Crippen molar-refractivity contribution in [3.63, 3.8) is 0 Å². The van der Waals surface area contributed by atoms with Crippen LogP contribution in [-0.2, 0) is 9.53 Å². The van der Waals surface area contributed by atoms with Crippen LogP contribution in [0.4, 0.5) is 26.3 Å². The van der Waals surface area contributed by atoms with Gasteiger partial charge in [-0.25, -0.2) is 0 Å². The number of nitrogens with one attached hydrogen (secondary N) is 1. The fraction of sp³-hybridized carbons (Fsp3) is 0.900. The summed E-state index contributed by atoms with van der Waals surface area (Å²) in [4.78, 5) is 10.9. The number of carbonyl (C=O) groups excluding carboxylic acids is 1. The maximum atomic E-state index is 12.1. The van der Waals surface area contributed by atoms with Gasteiger partial charge in [-0.15, -0.1) is 0 Å². The molecule has 120 valence electrons. The van der Waals surface area contributed by atoms with E-state index in [1.807, 2.05) is 0 Å². The molecule has 0 heterocycles. The number of carbonyl (C=O) groups is 1. The van der Waals surface area contributed by atoms with Crippen LogP contribution < -0.4 is 11.1 Å². The van der Waals surface area contributed by atoms with Gasteiger partial charge in [0.25, 0.3) is 0 Å². The highest BCUT2D eigenvalue weighted by Gasteiger charge is 2.57. The standard InChI is InChI=1S/C10H16F6N2O2/c1-2-4-18-6(7(17)19)3-5-20-8(9(11,12)13)10(14,15)16/h6,8,18H,2-5H2,1H3,(H2,17,19). The third-order valence-corrected chi connectivity index (χ3v) is 2.27. The largest absolute Gasteiger partial charge is 0.423 e. The smallest absolute Gasteiger partial charge is 0.368 e. The lowest BCUT2D eigenvalue weighted by Gasteiger charge is -2.24. The van der Waals surface area contributed by atoms with E-state index in [-0.39, 0.29) is 6.42 Å². The average Bonchev–Trinajstić information content (AvgIpc) is 2.23. The molecule has 0 aromatic heterocycles. The quantitative estimate of drug-likeness (QED) is 0.671. The molecule has 0 aromatic carbocycles. The number of alkyl halides is 6. The highest BCUT2D eigenvalue weighted by molar-refractivity contribution is 5.79. The van der Waals surface area contributed by atoms with Crippen molar-refractivity contribution in [2.45, 2.75) is 44.3 Å². The van der Waals surface area contributed by atoms with E-state index in [2.05, 4.69) is 10.1 Å². The zero-order chi connectivity index (χ0) is 16.0. The van der Waals surface area contributed by atoms with Crippen molar-refractivity contribution in [3.8, 4) is 0 Å². The van der Waals surface area contributed by atoms with Crippen LogP contribution in [-0.4, -0.2) is 43.6 Å². The Morgan fingerprint density at radius 3 is 2.05 bits per heavy atom. The van der Waals surface area contributed by atoms with Gasteiger partial charge in [0.2, 0.25) is 12.0 Å². The van der Waals surface area contributed by atoms with Gasteiger partial charge in [-0.2, -0.15) is 26.3 Å². The SMILES string of the molecule is CCCNC(CCOC(C(F)(F)F)C(F)(F)F)C(N)=O. The zero-order valence-electron chi connectivity index (χ0n) is 10.6. The minimum absolute atomic E-state index is 0.357.